The molecule has 0 saturated heterocycles. The lowest BCUT2D eigenvalue weighted by Gasteiger charge is -2.29. The predicted octanol–water partition coefficient (Wildman–Crippen LogP) is 7.88. The molecular formula is C43H48N4O5. The molecule has 0 radical (unpaired) electrons. The minimum Gasteiger partial charge on any atom is -0.488 e. The van der Waals surface area contributed by atoms with Crippen LogP contribution < -0.4 is 14.8 Å². The number of nitrogens with one attached hydrogen (secondary N) is 1. The van der Waals surface area contributed by atoms with E-state index in [9.17, 15) is 9.59 Å². The number of nitrogens with zero attached hydrogens (tertiary/aromatic N) is 3. The van der Waals surface area contributed by atoms with Gasteiger partial charge >= 0.3 is 0 Å². The number of benzene rings is 4. The van der Waals surface area contributed by atoms with Crippen molar-refractivity contribution >= 4 is 11.8 Å². The van der Waals surface area contributed by atoms with E-state index in [-0.39, 0.29) is 23.4 Å². The maximum absolute atomic E-state index is 13.5. The van der Waals surface area contributed by atoms with E-state index in [4.69, 9.17) is 14.0 Å². The van der Waals surface area contributed by atoms with E-state index in [0.29, 0.717) is 74.1 Å². The van der Waals surface area contributed by atoms with E-state index in [1.165, 1.54) is 0 Å². The minimum atomic E-state index is -0.318. The third-order valence-electron chi connectivity index (χ3n) is 9.33. The van der Waals surface area contributed by atoms with Crippen molar-refractivity contribution in [3.63, 3.8) is 0 Å². The van der Waals surface area contributed by atoms with Gasteiger partial charge in [-0.15, -0.1) is 0 Å². The summed E-state index contributed by atoms with van der Waals surface area (Å²) in [4.78, 5) is 30.4. The Morgan fingerprint density at radius 1 is 0.885 bits per heavy atom. The number of carbonyl (C=O) groups is 2. The number of aromatic nitrogens is 1. The maximum Gasteiger partial charge on any atom is 0.274 e. The Morgan fingerprint density at radius 2 is 1.56 bits per heavy atom. The lowest BCUT2D eigenvalue weighted by atomic mass is 9.91. The van der Waals surface area contributed by atoms with Crippen LogP contribution in [0.15, 0.2) is 95.5 Å². The SMILES string of the molecule is CCNC(=O)c1noc(-c2cc(C(C)C)c(OCc3ccccc3)cc2OCc2ccccc2)c1-c1ccc2c(c1)CCN(C(=O)CCN(C)C)C2. The molecule has 0 unspecified atom stereocenters. The second kappa shape index (κ2) is 16.7. The zero-order valence-electron chi connectivity index (χ0n) is 30.8. The summed E-state index contributed by atoms with van der Waals surface area (Å²) >= 11 is 0. The van der Waals surface area contributed by atoms with Crippen LogP contribution in [0, 0.1) is 0 Å². The first-order chi connectivity index (χ1) is 25.2. The van der Waals surface area contributed by atoms with Gasteiger partial charge in [-0.2, -0.15) is 0 Å². The Kier molecular flexibility index (Phi) is 11.7. The average Bonchev–Trinajstić information content (AvgIpc) is 3.61. The lowest BCUT2D eigenvalue weighted by molar-refractivity contribution is -0.132. The summed E-state index contributed by atoms with van der Waals surface area (Å²) in [6.45, 7) is 9.21. The molecule has 52 heavy (non-hydrogen) atoms. The van der Waals surface area contributed by atoms with Crippen molar-refractivity contribution < 1.29 is 23.6 Å². The monoisotopic (exact) mass is 700 g/mol. The molecule has 1 N–H and O–H groups in total. The lowest BCUT2D eigenvalue weighted by Crippen LogP contribution is -2.37. The molecule has 0 saturated carbocycles. The Labute approximate surface area is 306 Å². The van der Waals surface area contributed by atoms with E-state index in [0.717, 1.165) is 39.9 Å². The maximum atomic E-state index is 13.5. The Hall–Kier alpha value is -5.41. The molecule has 0 atom stereocenters. The smallest absolute Gasteiger partial charge is 0.274 e. The molecule has 1 aliphatic rings. The average molecular weight is 701 g/mol. The highest BCUT2D eigenvalue weighted by Gasteiger charge is 2.29. The molecule has 2 heterocycles. The topological polar surface area (TPSA) is 97.1 Å². The number of hydrogen-bond donors (Lipinski definition) is 1. The van der Waals surface area contributed by atoms with Gasteiger partial charge in [0.15, 0.2) is 11.5 Å². The van der Waals surface area contributed by atoms with Crippen LogP contribution in [0.2, 0.25) is 0 Å². The Balaban J connectivity index is 1.43. The normalized spacial score (nSPS) is 12.6. The summed E-state index contributed by atoms with van der Waals surface area (Å²) in [7, 11) is 3.95. The summed E-state index contributed by atoms with van der Waals surface area (Å²) in [5.41, 5.74) is 7.57. The molecule has 6 rings (SSSR count). The predicted molar refractivity (Wildman–Crippen MR) is 203 cm³/mol. The molecule has 0 bridgehead atoms. The molecule has 0 spiro atoms. The van der Waals surface area contributed by atoms with Crippen molar-refractivity contribution in [3.05, 3.63) is 125 Å². The first-order valence-electron chi connectivity index (χ1n) is 18.1. The van der Waals surface area contributed by atoms with Gasteiger partial charge < -0.3 is 29.1 Å². The van der Waals surface area contributed by atoms with Crippen molar-refractivity contribution in [2.24, 2.45) is 0 Å². The van der Waals surface area contributed by atoms with Crippen LogP contribution in [0.5, 0.6) is 11.5 Å². The summed E-state index contributed by atoms with van der Waals surface area (Å²) in [6, 6.07) is 30.2. The summed E-state index contributed by atoms with van der Waals surface area (Å²) in [5, 5.41) is 7.28. The van der Waals surface area contributed by atoms with E-state index >= 15 is 0 Å². The number of ether oxygens (including phenoxy) is 2. The molecule has 2 amide bonds. The van der Waals surface area contributed by atoms with Gasteiger partial charge in [-0.05, 0) is 72.8 Å². The largest absolute Gasteiger partial charge is 0.488 e. The molecular weight excluding hydrogens is 652 g/mol. The number of amides is 2. The summed E-state index contributed by atoms with van der Waals surface area (Å²) in [6.07, 6.45) is 1.20. The highest BCUT2D eigenvalue weighted by Crippen LogP contribution is 2.45. The van der Waals surface area contributed by atoms with Crippen molar-refractivity contribution in [3.8, 4) is 33.9 Å². The molecule has 270 valence electrons. The van der Waals surface area contributed by atoms with Gasteiger partial charge in [0.05, 0.1) is 11.1 Å². The van der Waals surface area contributed by atoms with Crippen LogP contribution >= 0.6 is 0 Å². The number of carbonyl (C=O) groups excluding carboxylic acids is 2. The van der Waals surface area contributed by atoms with Crippen molar-refractivity contribution in [2.45, 2.75) is 59.3 Å². The van der Waals surface area contributed by atoms with Crippen LogP contribution in [0.1, 0.15) is 71.4 Å². The first kappa shape index (κ1) is 36.4. The zero-order chi connectivity index (χ0) is 36.6. The molecule has 1 aliphatic heterocycles. The molecule has 4 aromatic carbocycles. The van der Waals surface area contributed by atoms with E-state index in [1.54, 1.807) is 0 Å². The second-order valence-electron chi connectivity index (χ2n) is 13.8. The quantitative estimate of drug-likeness (QED) is 0.126. The number of rotatable bonds is 14. The molecule has 9 heteroatoms. The molecule has 0 fully saturated rings. The molecule has 0 aliphatic carbocycles. The van der Waals surface area contributed by atoms with Crippen LogP contribution in [0.4, 0.5) is 0 Å². The van der Waals surface area contributed by atoms with E-state index < -0.39 is 0 Å². The first-order valence-corrected chi connectivity index (χ1v) is 18.1. The highest BCUT2D eigenvalue weighted by molar-refractivity contribution is 6.02. The number of fused-ring (bicyclic) bond motifs is 1. The Morgan fingerprint density at radius 3 is 2.19 bits per heavy atom. The van der Waals surface area contributed by atoms with Gasteiger partial charge in [0.1, 0.15) is 24.7 Å². The fourth-order valence-electron chi connectivity index (χ4n) is 6.46. The number of hydrogen-bond acceptors (Lipinski definition) is 7. The van der Waals surface area contributed by atoms with Gasteiger partial charge in [-0.1, -0.05) is 97.9 Å². The standard InChI is InChI=1S/C43H48N4O5/c1-6-44-43(49)41-40(33-17-18-34-26-47(22-19-32(34)23-33)39(48)20-21-46(4)5)42(52-45-41)36-24-35(29(2)3)37(50-27-30-13-9-7-10-14-30)25-38(36)51-28-31-15-11-8-12-16-31/h7-18,23-25,29H,6,19-22,26-28H2,1-5H3,(H,44,49). The fourth-order valence-corrected chi connectivity index (χ4v) is 6.46. The molecule has 9 nitrogen and oxygen atoms in total. The van der Waals surface area contributed by atoms with Crippen LogP contribution in [-0.4, -0.2) is 60.5 Å². The molecule has 1 aromatic heterocycles. The zero-order valence-corrected chi connectivity index (χ0v) is 30.8. The minimum absolute atomic E-state index is 0.106. The van der Waals surface area contributed by atoms with E-state index in [2.05, 4.69) is 36.5 Å². The highest BCUT2D eigenvalue weighted by atomic mass is 16.5. The van der Waals surface area contributed by atoms with Gasteiger partial charge in [0.25, 0.3) is 5.91 Å². The van der Waals surface area contributed by atoms with Gasteiger partial charge in [-0.3, -0.25) is 9.59 Å². The summed E-state index contributed by atoms with van der Waals surface area (Å²) in [5.74, 6) is 1.66. The Bertz CT molecular complexity index is 1990. The van der Waals surface area contributed by atoms with E-state index in [1.807, 2.05) is 110 Å². The van der Waals surface area contributed by atoms with Crippen LogP contribution in [-0.2, 0) is 31.0 Å². The fraction of sp³-hybridized carbons (Fsp3) is 0.326. The third kappa shape index (κ3) is 8.54. The van der Waals surface area contributed by atoms with Crippen molar-refractivity contribution in [1.82, 2.24) is 20.3 Å². The van der Waals surface area contributed by atoms with Crippen molar-refractivity contribution in [1.29, 1.82) is 0 Å². The van der Waals surface area contributed by atoms with Gasteiger partial charge in [0.2, 0.25) is 5.91 Å². The van der Waals surface area contributed by atoms with Crippen molar-refractivity contribution in [2.75, 3.05) is 33.7 Å². The van der Waals surface area contributed by atoms with Crippen LogP contribution in [0.25, 0.3) is 22.5 Å². The van der Waals surface area contributed by atoms with Gasteiger partial charge in [0, 0.05) is 38.7 Å². The second-order valence-corrected chi connectivity index (χ2v) is 13.8. The van der Waals surface area contributed by atoms with Crippen LogP contribution in [0.3, 0.4) is 0 Å². The summed E-state index contributed by atoms with van der Waals surface area (Å²) < 4.78 is 19.2. The van der Waals surface area contributed by atoms with Gasteiger partial charge in [-0.25, -0.2) is 0 Å². The molecule has 5 aromatic rings. The third-order valence-corrected chi connectivity index (χ3v) is 9.33.